The second-order valence-electron chi connectivity index (χ2n) is 13.0. The summed E-state index contributed by atoms with van der Waals surface area (Å²) in [7, 11) is 0. The Balaban J connectivity index is 1.01. The van der Waals surface area contributed by atoms with Crippen LogP contribution in [0.5, 0.6) is 0 Å². The molecule has 3 saturated heterocycles. The number of nitrogens with two attached hydrogens (primary N) is 1. The minimum absolute atomic E-state index is 0.0622. The van der Waals surface area contributed by atoms with Gasteiger partial charge in [0, 0.05) is 59.5 Å². The smallest absolute Gasteiger partial charge is 0.291 e. The molecule has 0 spiro atoms. The van der Waals surface area contributed by atoms with E-state index in [2.05, 4.69) is 43.2 Å². The number of carbonyl (C=O) groups is 1. The van der Waals surface area contributed by atoms with E-state index in [1.807, 2.05) is 36.7 Å². The molecular formula is C34H36N10O2. The molecule has 1 amide bonds. The summed E-state index contributed by atoms with van der Waals surface area (Å²) in [5.74, 6) is 2.13. The molecule has 1 aromatic carbocycles. The van der Waals surface area contributed by atoms with Crippen LogP contribution in [0.15, 0.2) is 54.9 Å². The molecule has 0 radical (unpaired) electrons. The third-order valence-corrected chi connectivity index (χ3v) is 10.2. The number of anilines is 2. The van der Waals surface area contributed by atoms with Gasteiger partial charge in [0.25, 0.3) is 5.91 Å². The van der Waals surface area contributed by atoms with Crippen molar-refractivity contribution in [1.29, 1.82) is 0 Å². The second-order valence-corrected chi connectivity index (χ2v) is 13.0. The highest BCUT2D eigenvalue weighted by Gasteiger charge is 2.46. The number of ether oxygens (including phenoxy) is 1. The standard InChI is InChI=1S/C34H36N10O2/c35-30-28(21-6-7-21)29(38-32-26(19-37-44(30)32)22-8-11-27(36-18-22)20-4-2-1-3-5-20)23-16-24-9-10-25(17-23)43(24)33(45)31-39-34(41-40-31)42-12-14-46-15-13-42/h1-5,8,11,18-19,21,23-25H,6-7,9-10,12-17,35H2,(H,39,40,41)/t24-,25-/m1/s1. The normalized spacial score (nSPS) is 22.9. The Morgan fingerprint density at radius 3 is 2.39 bits per heavy atom. The number of nitrogen functional groups attached to an aromatic ring is 1. The number of pyridine rings is 1. The highest BCUT2D eigenvalue weighted by atomic mass is 16.5. The largest absolute Gasteiger partial charge is 0.383 e. The van der Waals surface area contributed by atoms with E-state index in [1.54, 1.807) is 4.52 Å². The summed E-state index contributed by atoms with van der Waals surface area (Å²) in [6.07, 6.45) is 9.64. The maximum Gasteiger partial charge on any atom is 0.291 e. The highest BCUT2D eigenvalue weighted by Crippen LogP contribution is 2.50. The third kappa shape index (κ3) is 4.61. The Morgan fingerprint density at radius 2 is 1.67 bits per heavy atom. The Labute approximate surface area is 266 Å². The van der Waals surface area contributed by atoms with Crippen LogP contribution in [-0.4, -0.2) is 84.0 Å². The van der Waals surface area contributed by atoms with Crippen LogP contribution in [0.4, 0.5) is 11.8 Å². The maximum atomic E-state index is 13.8. The van der Waals surface area contributed by atoms with Gasteiger partial charge in [0.1, 0.15) is 5.82 Å². The fraction of sp³-hybridized carbons (Fsp3) is 0.412. The molecule has 234 valence electrons. The van der Waals surface area contributed by atoms with Crippen molar-refractivity contribution in [3.63, 3.8) is 0 Å². The van der Waals surface area contributed by atoms with Crippen LogP contribution in [0.1, 0.15) is 72.2 Å². The van der Waals surface area contributed by atoms with E-state index in [0.29, 0.717) is 36.7 Å². The first-order valence-corrected chi connectivity index (χ1v) is 16.4. The first-order chi connectivity index (χ1) is 22.6. The summed E-state index contributed by atoms with van der Waals surface area (Å²) in [6, 6.07) is 14.5. The number of H-pyrrole nitrogens is 1. The van der Waals surface area contributed by atoms with Crippen molar-refractivity contribution >= 4 is 23.3 Å². The van der Waals surface area contributed by atoms with E-state index in [1.165, 1.54) is 0 Å². The van der Waals surface area contributed by atoms with E-state index < -0.39 is 0 Å². The molecule has 0 unspecified atom stereocenters. The number of hydrogen-bond acceptors (Lipinski definition) is 9. The average molecular weight is 617 g/mol. The molecule has 5 aromatic rings. The molecule has 2 atom stereocenters. The van der Waals surface area contributed by atoms with Crippen molar-refractivity contribution in [3.05, 3.63) is 71.9 Å². The zero-order valence-electron chi connectivity index (χ0n) is 25.5. The van der Waals surface area contributed by atoms with Crippen molar-refractivity contribution in [2.24, 2.45) is 0 Å². The molecule has 2 bridgehead atoms. The van der Waals surface area contributed by atoms with Gasteiger partial charge in [0.2, 0.25) is 11.8 Å². The van der Waals surface area contributed by atoms with Crippen molar-refractivity contribution in [3.8, 4) is 22.4 Å². The Kier molecular flexibility index (Phi) is 6.51. The van der Waals surface area contributed by atoms with Crippen LogP contribution in [0, 0.1) is 0 Å². The van der Waals surface area contributed by atoms with Gasteiger partial charge in [-0.15, -0.1) is 5.10 Å². The summed E-state index contributed by atoms with van der Waals surface area (Å²) in [4.78, 5) is 32.6. The zero-order valence-corrected chi connectivity index (χ0v) is 25.5. The number of nitrogens with zero attached hydrogens (tertiary/aromatic N) is 8. The topological polar surface area (TPSA) is 143 Å². The lowest BCUT2D eigenvalue weighted by atomic mass is 9.85. The number of rotatable bonds is 6. The number of aromatic amines is 1. The molecule has 1 aliphatic carbocycles. The van der Waals surface area contributed by atoms with Gasteiger partial charge >= 0.3 is 0 Å². The number of morpholine rings is 1. The van der Waals surface area contributed by atoms with E-state index in [4.69, 9.17) is 25.5 Å². The minimum Gasteiger partial charge on any atom is -0.383 e. The number of piperidine rings is 1. The number of nitrogens with one attached hydrogen (secondary N) is 1. The third-order valence-electron chi connectivity index (χ3n) is 10.2. The van der Waals surface area contributed by atoms with Crippen LogP contribution in [-0.2, 0) is 4.74 Å². The molecule has 9 rings (SSSR count). The molecule has 3 aliphatic heterocycles. The van der Waals surface area contributed by atoms with Crippen LogP contribution in [0.2, 0.25) is 0 Å². The van der Waals surface area contributed by atoms with E-state index in [-0.39, 0.29) is 23.9 Å². The molecule has 4 aliphatic rings. The fourth-order valence-electron chi connectivity index (χ4n) is 7.79. The summed E-state index contributed by atoms with van der Waals surface area (Å²) >= 11 is 0. The van der Waals surface area contributed by atoms with E-state index >= 15 is 0 Å². The lowest BCUT2D eigenvalue weighted by Crippen LogP contribution is -2.46. The lowest BCUT2D eigenvalue weighted by Gasteiger charge is -2.39. The molecular weight excluding hydrogens is 580 g/mol. The molecule has 4 fully saturated rings. The Bertz CT molecular complexity index is 1900. The minimum atomic E-state index is -0.0622. The van der Waals surface area contributed by atoms with Gasteiger partial charge in [-0.05, 0) is 50.5 Å². The summed E-state index contributed by atoms with van der Waals surface area (Å²) in [5, 5.41) is 12.0. The Morgan fingerprint density at radius 1 is 0.891 bits per heavy atom. The SMILES string of the molecule is Nc1c(C2CC2)c(C2C[C@H]3CC[C@H](C2)N3C(=O)c2nc(N3CCOCC3)n[nH]2)nc2c(-c3ccc(-c4ccccc4)nc3)cnn12. The molecule has 3 N–H and O–H groups in total. The van der Waals surface area contributed by atoms with Gasteiger partial charge in [0.15, 0.2) is 5.65 Å². The van der Waals surface area contributed by atoms with Crippen LogP contribution in [0.25, 0.3) is 28.0 Å². The quantitative estimate of drug-likeness (QED) is 0.283. The molecule has 12 nitrogen and oxygen atoms in total. The summed E-state index contributed by atoms with van der Waals surface area (Å²) in [6.45, 7) is 2.72. The number of amides is 1. The highest BCUT2D eigenvalue weighted by molar-refractivity contribution is 5.91. The zero-order chi connectivity index (χ0) is 30.8. The van der Waals surface area contributed by atoms with Gasteiger partial charge in [-0.2, -0.15) is 14.6 Å². The van der Waals surface area contributed by atoms with Crippen LogP contribution >= 0.6 is 0 Å². The summed E-state index contributed by atoms with van der Waals surface area (Å²) < 4.78 is 7.26. The molecule has 46 heavy (non-hydrogen) atoms. The average Bonchev–Trinajstić information content (AvgIpc) is 3.53. The monoisotopic (exact) mass is 616 g/mol. The second kappa shape index (κ2) is 10.9. The van der Waals surface area contributed by atoms with Crippen LogP contribution < -0.4 is 10.6 Å². The molecule has 1 saturated carbocycles. The van der Waals surface area contributed by atoms with Gasteiger partial charge in [0.05, 0.1) is 30.8 Å². The fourth-order valence-corrected chi connectivity index (χ4v) is 7.79. The number of hydrogen-bond donors (Lipinski definition) is 2. The number of carbonyl (C=O) groups excluding carboxylic acids is 1. The number of benzene rings is 1. The van der Waals surface area contributed by atoms with Crippen molar-refractivity contribution in [2.45, 2.75) is 62.4 Å². The maximum absolute atomic E-state index is 13.8. The summed E-state index contributed by atoms with van der Waals surface area (Å²) in [5.41, 5.74) is 13.8. The van der Waals surface area contributed by atoms with Gasteiger partial charge in [-0.1, -0.05) is 36.4 Å². The molecule has 4 aromatic heterocycles. The molecule has 12 heteroatoms. The Hall–Kier alpha value is -4.84. The van der Waals surface area contributed by atoms with Crippen molar-refractivity contribution in [1.82, 2.24) is 39.7 Å². The predicted molar refractivity (Wildman–Crippen MR) is 172 cm³/mol. The first-order valence-electron chi connectivity index (χ1n) is 16.4. The van der Waals surface area contributed by atoms with Crippen molar-refractivity contribution < 1.29 is 9.53 Å². The van der Waals surface area contributed by atoms with Crippen LogP contribution in [0.3, 0.4) is 0 Å². The first kappa shape index (κ1) is 27.5. The van der Waals surface area contributed by atoms with Crippen molar-refractivity contribution in [2.75, 3.05) is 36.9 Å². The number of aromatic nitrogens is 7. The number of fused-ring (bicyclic) bond motifs is 3. The lowest BCUT2D eigenvalue weighted by molar-refractivity contribution is 0.0557. The van der Waals surface area contributed by atoms with E-state index in [9.17, 15) is 4.79 Å². The predicted octanol–water partition coefficient (Wildman–Crippen LogP) is 4.42. The van der Waals surface area contributed by atoms with Gasteiger partial charge < -0.3 is 20.3 Å². The molecule has 7 heterocycles. The van der Waals surface area contributed by atoms with Gasteiger partial charge in [-0.3, -0.25) is 14.9 Å². The van der Waals surface area contributed by atoms with E-state index in [0.717, 1.165) is 90.9 Å². The van der Waals surface area contributed by atoms with Gasteiger partial charge in [-0.25, -0.2) is 4.98 Å².